The van der Waals surface area contributed by atoms with Gasteiger partial charge in [-0.1, -0.05) is 0 Å². The van der Waals surface area contributed by atoms with Crippen LogP contribution in [0, 0.1) is 0 Å². The van der Waals surface area contributed by atoms with Gasteiger partial charge in [0.05, 0.1) is 12.7 Å². The number of benzene rings is 1. The molecule has 0 spiro atoms. The number of methoxy groups -OCH3 is 1. The van der Waals surface area contributed by atoms with E-state index in [1.165, 1.54) is 19.2 Å². The Hall–Kier alpha value is -2.05. The molecule has 1 atom stereocenters. The fourth-order valence-electron chi connectivity index (χ4n) is 1.59. The monoisotopic (exact) mass is 273 g/mol. The van der Waals surface area contributed by atoms with E-state index in [-0.39, 0.29) is 12.5 Å². The number of rotatable bonds is 2. The number of hydrogen-bond donors (Lipinski definition) is 0. The first-order valence-corrected chi connectivity index (χ1v) is 5.38. The summed E-state index contributed by atoms with van der Waals surface area (Å²) in [7, 11) is 1.23. The van der Waals surface area contributed by atoms with Crippen LogP contribution in [0.25, 0.3) is 0 Å². The third-order valence-electron chi connectivity index (χ3n) is 2.58. The molecule has 1 aliphatic rings. The van der Waals surface area contributed by atoms with Crippen LogP contribution in [0.2, 0.25) is 0 Å². The second-order valence-corrected chi connectivity index (χ2v) is 3.86. The molecule has 0 saturated carbocycles. The largest absolute Gasteiger partial charge is 0.475 e. The second kappa shape index (κ2) is 4.91. The molecule has 0 unspecified atom stereocenters. The van der Waals surface area contributed by atoms with Crippen molar-refractivity contribution in [3.05, 3.63) is 35.4 Å². The van der Waals surface area contributed by atoms with Crippen molar-refractivity contribution in [2.75, 3.05) is 13.7 Å². The highest BCUT2D eigenvalue weighted by molar-refractivity contribution is 5.97. The minimum atomic E-state index is -4.38. The zero-order valence-electron chi connectivity index (χ0n) is 9.90. The summed E-state index contributed by atoms with van der Waals surface area (Å²) < 4.78 is 46.8. The van der Waals surface area contributed by atoms with E-state index < -0.39 is 23.8 Å². The smallest absolute Gasteiger partial charge is 0.416 e. The van der Waals surface area contributed by atoms with Gasteiger partial charge in [0, 0.05) is 5.56 Å². The van der Waals surface area contributed by atoms with E-state index in [0.717, 1.165) is 12.1 Å². The number of hydrogen-bond acceptors (Lipinski definition) is 4. The first-order valence-electron chi connectivity index (χ1n) is 5.38. The Morgan fingerprint density at radius 1 is 1.37 bits per heavy atom. The predicted molar refractivity (Wildman–Crippen MR) is 59.7 cm³/mol. The summed E-state index contributed by atoms with van der Waals surface area (Å²) in [6, 6.07) is 3.62. The van der Waals surface area contributed by atoms with E-state index in [2.05, 4.69) is 9.73 Å². The van der Waals surface area contributed by atoms with E-state index in [1.54, 1.807) is 0 Å². The summed E-state index contributed by atoms with van der Waals surface area (Å²) in [6.45, 7) is 0.0308. The number of aliphatic imine (C=N–C) groups is 1. The molecule has 0 N–H and O–H groups in total. The van der Waals surface area contributed by atoms with Crippen LogP contribution < -0.4 is 0 Å². The van der Waals surface area contributed by atoms with Crippen LogP contribution in [0.4, 0.5) is 13.2 Å². The van der Waals surface area contributed by atoms with E-state index >= 15 is 0 Å². The molecule has 0 fully saturated rings. The lowest BCUT2D eigenvalue weighted by Gasteiger charge is -2.07. The highest BCUT2D eigenvalue weighted by Gasteiger charge is 2.31. The maximum absolute atomic E-state index is 12.4. The van der Waals surface area contributed by atoms with Crippen LogP contribution >= 0.6 is 0 Å². The summed E-state index contributed by atoms with van der Waals surface area (Å²) in [5.41, 5.74) is -0.362. The molecular formula is C12H10F3NO3. The molecule has 0 bridgehead atoms. The van der Waals surface area contributed by atoms with Gasteiger partial charge in [0.25, 0.3) is 0 Å². The zero-order valence-corrected chi connectivity index (χ0v) is 9.90. The molecule has 0 amide bonds. The average molecular weight is 273 g/mol. The fraction of sp³-hybridized carbons (Fsp3) is 0.333. The van der Waals surface area contributed by atoms with E-state index in [1.807, 2.05) is 0 Å². The zero-order chi connectivity index (χ0) is 14.0. The van der Waals surface area contributed by atoms with Crippen LogP contribution in [-0.2, 0) is 20.4 Å². The number of carbonyl (C=O) groups is 1. The molecule has 0 saturated heterocycles. The Kier molecular flexibility index (Phi) is 3.46. The summed E-state index contributed by atoms with van der Waals surface area (Å²) in [6.07, 6.45) is -4.38. The highest BCUT2D eigenvalue weighted by Crippen LogP contribution is 2.29. The standard InChI is InChI=1S/C12H10F3NO3/c1-18-11(17)9-6-19-10(16-9)7-2-4-8(5-3-7)12(13,14)15/h2-5,9H,6H2,1H3/t9-/m1/s1. The van der Waals surface area contributed by atoms with Gasteiger partial charge in [-0.05, 0) is 24.3 Å². The first-order chi connectivity index (χ1) is 8.91. The molecule has 1 aliphatic heterocycles. The SMILES string of the molecule is COC(=O)[C@H]1COC(c2ccc(C(F)(F)F)cc2)=N1. The van der Waals surface area contributed by atoms with Gasteiger partial charge in [0.1, 0.15) is 6.61 Å². The molecule has 4 nitrogen and oxygen atoms in total. The molecule has 102 valence electrons. The van der Waals surface area contributed by atoms with Crippen molar-refractivity contribution in [2.45, 2.75) is 12.2 Å². The van der Waals surface area contributed by atoms with Crippen molar-refractivity contribution in [1.29, 1.82) is 0 Å². The molecule has 2 rings (SSSR count). The molecular weight excluding hydrogens is 263 g/mol. The summed E-state index contributed by atoms with van der Waals surface area (Å²) in [5.74, 6) is -0.397. The topological polar surface area (TPSA) is 47.9 Å². The van der Waals surface area contributed by atoms with Crippen LogP contribution in [-0.4, -0.2) is 31.6 Å². The van der Waals surface area contributed by atoms with E-state index in [9.17, 15) is 18.0 Å². The number of carbonyl (C=O) groups excluding carboxylic acids is 1. The van der Waals surface area contributed by atoms with Crippen LogP contribution in [0.5, 0.6) is 0 Å². The lowest BCUT2D eigenvalue weighted by molar-refractivity contribution is -0.142. The Bertz CT molecular complexity index is 508. The molecule has 0 aromatic heterocycles. The number of esters is 1. The van der Waals surface area contributed by atoms with Gasteiger partial charge >= 0.3 is 12.1 Å². The normalized spacial score (nSPS) is 18.7. The van der Waals surface area contributed by atoms with Gasteiger partial charge in [0.15, 0.2) is 6.04 Å². The number of alkyl halides is 3. The molecule has 1 aromatic rings. The van der Waals surface area contributed by atoms with Gasteiger partial charge in [-0.15, -0.1) is 0 Å². The van der Waals surface area contributed by atoms with Gasteiger partial charge < -0.3 is 9.47 Å². The van der Waals surface area contributed by atoms with Gasteiger partial charge in [0.2, 0.25) is 5.90 Å². The van der Waals surface area contributed by atoms with Gasteiger partial charge in [-0.2, -0.15) is 13.2 Å². The number of nitrogens with zero attached hydrogens (tertiary/aromatic N) is 1. The Labute approximate surface area is 106 Å². The third-order valence-corrected chi connectivity index (χ3v) is 2.58. The Morgan fingerprint density at radius 2 is 2.00 bits per heavy atom. The number of halogens is 3. The molecule has 1 heterocycles. The average Bonchev–Trinajstić information content (AvgIpc) is 2.86. The minimum absolute atomic E-state index is 0.0308. The maximum atomic E-state index is 12.4. The van der Waals surface area contributed by atoms with Crippen molar-refractivity contribution in [1.82, 2.24) is 0 Å². The van der Waals surface area contributed by atoms with Crippen LogP contribution in [0.3, 0.4) is 0 Å². The third kappa shape index (κ3) is 2.86. The Balaban J connectivity index is 2.18. The Morgan fingerprint density at radius 3 is 2.53 bits per heavy atom. The lowest BCUT2D eigenvalue weighted by atomic mass is 10.1. The van der Waals surface area contributed by atoms with E-state index in [0.29, 0.717) is 5.56 Å². The quantitative estimate of drug-likeness (QED) is 0.774. The predicted octanol–water partition coefficient (Wildman–Crippen LogP) is 2.02. The van der Waals surface area contributed by atoms with Crippen molar-refractivity contribution >= 4 is 11.9 Å². The number of ether oxygens (including phenoxy) is 2. The van der Waals surface area contributed by atoms with Crippen LogP contribution in [0.15, 0.2) is 29.3 Å². The molecule has 1 aromatic carbocycles. The maximum Gasteiger partial charge on any atom is 0.416 e. The lowest BCUT2D eigenvalue weighted by Crippen LogP contribution is -2.21. The summed E-state index contributed by atoms with van der Waals surface area (Å²) in [4.78, 5) is 15.2. The minimum Gasteiger partial charge on any atom is -0.475 e. The molecule has 0 aliphatic carbocycles. The second-order valence-electron chi connectivity index (χ2n) is 3.86. The molecule has 0 radical (unpaired) electrons. The molecule has 7 heteroatoms. The van der Waals surface area contributed by atoms with Crippen molar-refractivity contribution in [3.8, 4) is 0 Å². The van der Waals surface area contributed by atoms with Crippen molar-refractivity contribution in [2.24, 2.45) is 4.99 Å². The fourth-order valence-corrected chi connectivity index (χ4v) is 1.59. The van der Waals surface area contributed by atoms with Crippen LogP contribution in [0.1, 0.15) is 11.1 Å². The summed E-state index contributed by atoms with van der Waals surface area (Å²) in [5, 5.41) is 0. The van der Waals surface area contributed by atoms with E-state index in [4.69, 9.17) is 4.74 Å². The van der Waals surface area contributed by atoms with Crippen molar-refractivity contribution < 1.29 is 27.4 Å². The van der Waals surface area contributed by atoms with Crippen molar-refractivity contribution in [3.63, 3.8) is 0 Å². The van der Waals surface area contributed by atoms with Gasteiger partial charge in [-0.3, -0.25) is 0 Å². The molecule has 19 heavy (non-hydrogen) atoms. The summed E-state index contributed by atoms with van der Waals surface area (Å²) >= 11 is 0. The highest BCUT2D eigenvalue weighted by atomic mass is 19.4. The first kappa shape index (κ1) is 13.4. The van der Waals surface area contributed by atoms with Gasteiger partial charge in [-0.25, -0.2) is 9.79 Å².